The van der Waals surface area contributed by atoms with E-state index >= 15 is 0 Å². The van der Waals surface area contributed by atoms with Gasteiger partial charge in [0, 0.05) is 26.1 Å². The van der Waals surface area contributed by atoms with Crippen LogP contribution in [0.4, 0.5) is 11.5 Å². The Bertz CT molecular complexity index is 512. The Hall–Kier alpha value is -1.63. The molecule has 1 N–H and O–H groups in total. The van der Waals surface area contributed by atoms with Crippen molar-refractivity contribution in [1.29, 1.82) is 0 Å². The number of nitrogens with one attached hydrogen (secondary N) is 1. The van der Waals surface area contributed by atoms with Gasteiger partial charge in [-0.3, -0.25) is 10.1 Å². The number of nitro groups is 1. The first-order valence-electron chi connectivity index (χ1n) is 7.53. The Morgan fingerprint density at radius 3 is 2.76 bits per heavy atom. The molecule has 0 aliphatic carbocycles. The number of anilines is 1. The van der Waals surface area contributed by atoms with E-state index in [1.165, 1.54) is 12.8 Å². The molecular weight excluding hydrogens is 270 g/mol. The van der Waals surface area contributed by atoms with Gasteiger partial charge in [0.05, 0.1) is 4.92 Å². The minimum absolute atomic E-state index is 0.0352. The maximum atomic E-state index is 11.4. The van der Waals surface area contributed by atoms with Crippen molar-refractivity contribution in [2.75, 3.05) is 32.0 Å². The van der Waals surface area contributed by atoms with E-state index in [4.69, 9.17) is 0 Å². The summed E-state index contributed by atoms with van der Waals surface area (Å²) in [5.74, 6) is 1.09. The average molecular weight is 295 g/mol. The highest BCUT2D eigenvalue weighted by Gasteiger charge is 2.29. The quantitative estimate of drug-likeness (QED) is 0.665. The van der Waals surface area contributed by atoms with E-state index in [0.717, 1.165) is 19.6 Å². The van der Waals surface area contributed by atoms with Crippen molar-refractivity contribution in [3.8, 4) is 0 Å². The first-order valence-corrected chi connectivity index (χ1v) is 7.53. The molecule has 0 radical (unpaired) electrons. The summed E-state index contributed by atoms with van der Waals surface area (Å²) in [6, 6.07) is 0. The molecule has 118 valence electrons. The molecule has 1 aliphatic rings. The number of aryl methyl sites for hydroxylation is 1. The van der Waals surface area contributed by atoms with Gasteiger partial charge in [0.25, 0.3) is 0 Å². The van der Waals surface area contributed by atoms with Crippen LogP contribution in [0.25, 0.3) is 0 Å². The largest absolute Gasteiger partial charge is 0.364 e. The predicted octanol–water partition coefficient (Wildman–Crippen LogP) is 2.21. The van der Waals surface area contributed by atoms with Crippen LogP contribution >= 0.6 is 0 Å². The third-order valence-corrected chi connectivity index (χ3v) is 4.06. The molecule has 1 saturated heterocycles. The van der Waals surface area contributed by atoms with Crippen LogP contribution in [-0.4, -0.2) is 46.3 Å². The molecule has 21 heavy (non-hydrogen) atoms. The van der Waals surface area contributed by atoms with E-state index in [9.17, 15) is 10.1 Å². The minimum atomic E-state index is -0.322. The smallest absolute Gasteiger partial charge is 0.334 e. The first kappa shape index (κ1) is 15.8. The number of likely N-dealkylation sites (tertiary alicyclic amines) is 1. The summed E-state index contributed by atoms with van der Waals surface area (Å²) < 4.78 is 1.60. The summed E-state index contributed by atoms with van der Waals surface area (Å²) in [6.07, 6.45) is 2.35. The lowest BCUT2D eigenvalue weighted by molar-refractivity contribution is -0.384. The number of aromatic nitrogens is 2. The van der Waals surface area contributed by atoms with Gasteiger partial charge in [0.2, 0.25) is 5.82 Å². The van der Waals surface area contributed by atoms with E-state index in [-0.39, 0.29) is 16.5 Å². The van der Waals surface area contributed by atoms with Gasteiger partial charge < -0.3 is 10.2 Å². The monoisotopic (exact) mass is 295 g/mol. The van der Waals surface area contributed by atoms with E-state index in [0.29, 0.717) is 17.4 Å². The average Bonchev–Trinajstić information content (AvgIpc) is 2.74. The molecule has 1 fully saturated rings. The summed E-state index contributed by atoms with van der Waals surface area (Å²) in [7, 11) is 3.88. The Balaban J connectivity index is 2.14. The van der Waals surface area contributed by atoms with Crippen LogP contribution in [0.15, 0.2) is 0 Å². The van der Waals surface area contributed by atoms with Crippen molar-refractivity contribution in [1.82, 2.24) is 14.7 Å². The minimum Gasteiger partial charge on any atom is -0.364 e. The molecule has 1 atom stereocenters. The predicted molar refractivity (Wildman–Crippen MR) is 82.7 cm³/mol. The summed E-state index contributed by atoms with van der Waals surface area (Å²) in [5, 5.41) is 18.9. The molecule has 1 aromatic heterocycles. The van der Waals surface area contributed by atoms with E-state index in [1.807, 2.05) is 13.8 Å². The molecule has 0 bridgehead atoms. The topological polar surface area (TPSA) is 76.2 Å². The van der Waals surface area contributed by atoms with Crippen molar-refractivity contribution >= 4 is 11.5 Å². The van der Waals surface area contributed by atoms with Gasteiger partial charge in [-0.1, -0.05) is 13.8 Å². The molecule has 1 aromatic rings. The van der Waals surface area contributed by atoms with Crippen LogP contribution in [0.3, 0.4) is 0 Å². The molecule has 0 saturated carbocycles. The number of rotatable bonds is 5. The van der Waals surface area contributed by atoms with Crippen molar-refractivity contribution < 1.29 is 4.92 Å². The highest BCUT2D eigenvalue weighted by atomic mass is 16.6. The summed E-state index contributed by atoms with van der Waals surface area (Å²) >= 11 is 0. The van der Waals surface area contributed by atoms with Crippen LogP contribution in [-0.2, 0) is 7.05 Å². The molecule has 7 heteroatoms. The van der Waals surface area contributed by atoms with E-state index in [1.54, 1.807) is 11.7 Å². The standard InChI is InChI=1S/C14H25N5O2/c1-10(2)12-13(19(20)21)14(18(4)16-12)15-8-11-6-5-7-17(3)9-11/h10-11,15H,5-9H2,1-4H3. The number of piperidine rings is 1. The second-order valence-electron chi connectivity index (χ2n) is 6.27. The first-order chi connectivity index (χ1) is 9.90. The molecule has 0 spiro atoms. The van der Waals surface area contributed by atoms with Gasteiger partial charge in [-0.15, -0.1) is 0 Å². The van der Waals surface area contributed by atoms with Crippen LogP contribution in [0, 0.1) is 16.0 Å². The zero-order valence-electron chi connectivity index (χ0n) is 13.3. The highest BCUT2D eigenvalue weighted by Crippen LogP contribution is 2.33. The summed E-state index contributed by atoms with van der Waals surface area (Å²) in [5.41, 5.74) is 0.669. The normalized spacial score (nSPS) is 20.0. The van der Waals surface area contributed by atoms with Gasteiger partial charge in [-0.2, -0.15) is 5.10 Å². The van der Waals surface area contributed by atoms with Crippen LogP contribution < -0.4 is 5.32 Å². The third kappa shape index (κ3) is 3.53. The van der Waals surface area contributed by atoms with Crippen molar-refractivity contribution in [3.05, 3.63) is 15.8 Å². The number of hydrogen-bond donors (Lipinski definition) is 1. The molecular formula is C14H25N5O2. The van der Waals surface area contributed by atoms with Crippen molar-refractivity contribution in [2.24, 2.45) is 13.0 Å². The van der Waals surface area contributed by atoms with Crippen LogP contribution in [0.5, 0.6) is 0 Å². The fraction of sp³-hybridized carbons (Fsp3) is 0.786. The number of nitrogens with zero attached hydrogens (tertiary/aromatic N) is 4. The Labute approximate surface area is 125 Å². The van der Waals surface area contributed by atoms with Crippen LogP contribution in [0.2, 0.25) is 0 Å². The van der Waals surface area contributed by atoms with Gasteiger partial charge in [0.1, 0.15) is 5.69 Å². The summed E-state index contributed by atoms with van der Waals surface area (Å²) in [4.78, 5) is 13.4. The van der Waals surface area contributed by atoms with Crippen molar-refractivity contribution in [2.45, 2.75) is 32.6 Å². The molecule has 2 heterocycles. The molecule has 0 aromatic carbocycles. The lowest BCUT2D eigenvalue weighted by atomic mass is 9.98. The second-order valence-corrected chi connectivity index (χ2v) is 6.27. The Morgan fingerprint density at radius 2 is 2.19 bits per heavy atom. The van der Waals surface area contributed by atoms with E-state index in [2.05, 4.69) is 22.4 Å². The molecule has 2 rings (SSSR count). The Morgan fingerprint density at radius 1 is 1.48 bits per heavy atom. The zero-order valence-corrected chi connectivity index (χ0v) is 13.3. The molecule has 0 amide bonds. The fourth-order valence-corrected chi connectivity index (χ4v) is 2.98. The van der Waals surface area contributed by atoms with Crippen molar-refractivity contribution in [3.63, 3.8) is 0 Å². The number of hydrogen-bond acceptors (Lipinski definition) is 5. The van der Waals surface area contributed by atoms with Gasteiger partial charge in [-0.25, -0.2) is 4.68 Å². The molecule has 7 nitrogen and oxygen atoms in total. The molecule has 1 aliphatic heterocycles. The van der Waals surface area contributed by atoms with Crippen LogP contribution in [0.1, 0.15) is 38.3 Å². The SMILES string of the molecule is CC(C)c1nn(C)c(NCC2CCCN(C)C2)c1[N+](=O)[O-]. The maximum absolute atomic E-state index is 11.4. The third-order valence-electron chi connectivity index (χ3n) is 4.06. The fourth-order valence-electron chi connectivity index (χ4n) is 2.98. The highest BCUT2D eigenvalue weighted by molar-refractivity contribution is 5.60. The molecule has 1 unspecified atom stereocenters. The lowest BCUT2D eigenvalue weighted by Crippen LogP contribution is -2.35. The second kappa shape index (κ2) is 6.43. The van der Waals surface area contributed by atoms with Gasteiger partial charge >= 0.3 is 5.69 Å². The van der Waals surface area contributed by atoms with E-state index < -0.39 is 0 Å². The summed E-state index contributed by atoms with van der Waals surface area (Å²) in [6.45, 7) is 6.78. The Kier molecular flexibility index (Phi) is 4.82. The zero-order chi connectivity index (χ0) is 15.6. The van der Waals surface area contributed by atoms with Gasteiger partial charge in [0.15, 0.2) is 0 Å². The lowest BCUT2D eigenvalue weighted by Gasteiger charge is -2.29. The maximum Gasteiger partial charge on any atom is 0.334 e. The van der Waals surface area contributed by atoms with Gasteiger partial charge in [-0.05, 0) is 32.4 Å².